The Morgan fingerprint density at radius 2 is 1.72 bits per heavy atom. The van der Waals surface area contributed by atoms with E-state index in [1.54, 1.807) is 43.3 Å². The second kappa shape index (κ2) is 11.6. The van der Waals surface area contributed by atoms with Crippen molar-refractivity contribution in [2.24, 2.45) is 0 Å². The Morgan fingerprint density at radius 1 is 1.09 bits per heavy atom. The van der Waals surface area contributed by atoms with Gasteiger partial charge in [0.05, 0.1) is 17.9 Å². The molecule has 0 aromatic heterocycles. The van der Waals surface area contributed by atoms with Gasteiger partial charge >= 0.3 is 29.6 Å². The summed E-state index contributed by atoms with van der Waals surface area (Å²) < 4.78 is 29.4. The quantitative estimate of drug-likeness (QED) is 0.385. The van der Waals surface area contributed by atoms with Gasteiger partial charge in [0, 0.05) is 11.1 Å². The van der Waals surface area contributed by atoms with Crippen molar-refractivity contribution in [3.63, 3.8) is 0 Å². The molecule has 1 aliphatic carbocycles. The predicted octanol–water partition coefficient (Wildman–Crippen LogP) is 3.73. The van der Waals surface area contributed by atoms with E-state index in [1.807, 2.05) is 6.92 Å². The molecule has 3 rings (SSSR count). The van der Waals surface area contributed by atoms with Crippen LogP contribution in [0.1, 0.15) is 23.6 Å². The van der Waals surface area contributed by atoms with E-state index in [1.165, 1.54) is 0 Å². The number of carbonyl (C=O) groups excluding carboxylic acids is 1. The number of rotatable bonds is 4. The number of carbonyl (C=O) groups is 1. The van der Waals surface area contributed by atoms with Gasteiger partial charge in [0.15, 0.2) is 0 Å². The molecule has 0 saturated heterocycles. The Balaban J connectivity index is 0.00000363. The van der Waals surface area contributed by atoms with Crippen LogP contribution in [0.15, 0.2) is 65.5 Å². The van der Waals surface area contributed by atoms with Crippen LogP contribution >= 0.6 is 63.7 Å². The van der Waals surface area contributed by atoms with Gasteiger partial charge in [-0.1, -0.05) is 18.2 Å². The van der Waals surface area contributed by atoms with Crippen LogP contribution in [0.4, 0.5) is 0 Å². The van der Waals surface area contributed by atoms with Crippen molar-refractivity contribution in [2.45, 2.75) is 13.8 Å². The summed E-state index contributed by atoms with van der Waals surface area (Å²) in [6, 6.07) is 8.45. The van der Waals surface area contributed by atoms with E-state index >= 15 is 0 Å². The van der Waals surface area contributed by atoms with Gasteiger partial charge in [-0.2, -0.15) is 0 Å². The molecule has 162 valence electrons. The fourth-order valence-corrected chi connectivity index (χ4v) is 5.70. The fourth-order valence-electron chi connectivity index (χ4n) is 3.17. The molecule has 0 bridgehead atoms. The number of hydrogen-bond acceptors (Lipinski definition) is 5. The number of halogens is 4. The zero-order valence-electron chi connectivity index (χ0n) is 17.0. The monoisotopic (exact) mass is 716 g/mol. The van der Waals surface area contributed by atoms with Crippen LogP contribution in [-0.4, -0.2) is 19.7 Å². The predicted molar refractivity (Wildman–Crippen MR) is 134 cm³/mol. The van der Waals surface area contributed by atoms with E-state index in [-0.39, 0.29) is 46.8 Å². The zero-order chi connectivity index (χ0) is 23.0. The SMILES string of the molecule is CC1=C(Br)C(=O)C(Br)=C/C1=C(/c1ccccc1OS(=O)[O-])c1cc(Br)c(O)c(Br)c1C.[Na+]. The number of allylic oxidation sites excluding steroid dienone is 5. The molecular weight excluding hydrogens is 707 g/mol. The average Bonchev–Trinajstić information content (AvgIpc) is 2.73. The smallest absolute Gasteiger partial charge is 0.740 e. The van der Waals surface area contributed by atoms with Gasteiger partial charge in [-0.05, 0) is 118 Å². The van der Waals surface area contributed by atoms with E-state index in [9.17, 15) is 18.7 Å². The summed E-state index contributed by atoms with van der Waals surface area (Å²) in [5.74, 6) is -0.0289. The van der Waals surface area contributed by atoms with Crippen LogP contribution in [0.2, 0.25) is 0 Å². The Morgan fingerprint density at radius 3 is 2.34 bits per heavy atom. The number of phenolic OH excluding ortho intramolecular Hbond substituents is 1. The Bertz CT molecular complexity index is 1240. The molecule has 1 aliphatic rings. The number of Topliss-reactive ketones (excluding diaryl/α,β-unsaturated/α-hetero) is 1. The van der Waals surface area contributed by atoms with Crippen LogP contribution < -0.4 is 33.7 Å². The molecule has 1 N–H and O–H groups in total. The van der Waals surface area contributed by atoms with Crippen molar-refractivity contribution in [1.29, 1.82) is 0 Å². The van der Waals surface area contributed by atoms with Crippen LogP contribution in [0.3, 0.4) is 0 Å². The zero-order valence-corrected chi connectivity index (χ0v) is 26.1. The third-order valence-corrected chi connectivity index (χ3v) is 8.15. The second-order valence-electron chi connectivity index (χ2n) is 6.53. The van der Waals surface area contributed by atoms with Crippen LogP contribution in [0.5, 0.6) is 11.5 Å². The molecule has 1 unspecified atom stereocenters. The largest absolute Gasteiger partial charge is 1.00 e. The first-order valence-electron chi connectivity index (χ1n) is 8.62. The minimum atomic E-state index is -2.78. The molecule has 0 fully saturated rings. The van der Waals surface area contributed by atoms with Crippen molar-refractivity contribution >= 4 is 86.4 Å². The summed E-state index contributed by atoms with van der Waals surface area (Å²) in [4.78, 5) is 12.4. The standard InChI is InChI=1S/C21H14Br4O5S.Na/c1-9-12(7-14(22)20(26)18(9)24)17(11-5-3-4-6-16(11)30-31(28)29)13-8-15(23)21(27)19(25)10(13)2;/h3-8,26H,1-2H3,(H,28,29);/q;+1/p-1/b17-13+;. The molecule has 0 saturated carbocycles. The normalized spacial score (nSPS) is 16.3. The topological polar surface area (TPSA) is 86.7 Å². The maximum atomic E-state index is 12.4. The van der Waals surface area contributed by atoms with E-state index in [0.29, 0.717) is 51.3 Å². The molecule has 0 aliphatic heterocycles. The van der Waals surface area contributed by atoms with Crippen LogP contribution in [-0.2, 0) is 16.2 Å². The molecule has 0 amide bonds. The molecule has 32 heavy (non-hydrogen) atoms. The van der Waals surface area contributed by atoms with E-state index < -0.39 is 11.4 Å². The van der Waals surface area contributed by atoms with E-state index in [0.717, 1.165) is 0 Å². The number of ketones is 1. The number of aromatic hydroxyl groups is 1. The number of phenols is 1. The third-order valence-electron chi connectivity index (χ3n) is 4.71. The fraction of sp³-hybridized carbons (Fsp3) is 0.0952. The number of para-hydroxylation sites is 1. The summed E-state index contributed by atoms with van der Waals surface area (Å²) in [6.45, 7) is 3.62. The van der Waals surface area contributed by atoms with E-state index in [2.05, 4.69) is 63.7 Å². The van der Waals surface area contributed by atoms with Gasteiger partial charge in [0.1, 0.15) is 22.9 Å². The first kappa shape index (κ1) is 28.2. The molecule has 2 aromatic rings. The number of hydrogen-bond donors (Lipinski definition) is 1. The summed E-state index contributed by atoms with van der Waals surface area (Å²) >= 11 is 10.7. The average molecular weight is 720 g/mol. The van der Waals surface area contributed by atoms with Crippen molar-refractivity contribution in [3.05, 3.63) is 82.2 Å². The second-order valence-corrected chi connectivity index (χ2v) is 10.4. The van der Waals surface area contributed by atoms with Gasteiger partial charge in [-0.15, -0.1) is 0 Å². The molecule has 5 nitrogen and oxygen atoms in total. The minimum Gasteiger partial charge on any atom is -0.740 e. The van der Waals surface area contributed by atoms with Gasteiger partial charge in [-0.25, -0.2) is 4.21 Å². The van der Waals surface area contributed by atoms with Crippen molar-refractivity contribution in [3.8, 4) is 11.5 Å². The summed E-state index contributed by atoms with van der Waals surface area (Å²) in [6.07, 6.45) is 1.69. The van der Waals surface area contributed by atoms with Gasteiger partial charge in [-0.3, -0.25) is 4.79 Å². The molecular formula is C21H13Br4NaO5S. The van der Waals surface area contributed by atoms with Gasteiger partial charge < -0.3 is 13.8 Å². The molecule has 0 radical (unpaired) electrons. The van der Waals surface area contributed by atoms with Crippen molar-refractivity contribution < 1.29 is 52.4 Å². The van der Waals surface area contributed by atoms with E-state index in [4.69, 9.17) is 4.18 Å². The molecule has 0 heterocycles. The molecule has 0 spiro atoms. The van der Waals surface area contributed by atoms with Crippen molar-refractivity contribution in [2.75, 3.05) is 0 Å². The molecule has 2 aromatic carbocycles. The van der Waals surface area contributed by atoms with Crippen LogP contribution in [0, 0.1) is 6.92 Å². The molecule has 11 heteroatoms. The summed E-state index contributed by atoms with van der Waals surface area (Å²) in [5, 5.41) is 10.3. The third kappa shape index (κ3) is 5.60. The first-order valence-corrected chi connectivity index (χ1v) is 12.8. The minimum absolute atomic E-state index is 0. The van der Waals surface area contributed by atoms with Gasteiger partial charge in [0.25, 0.3) is 0 Å². The Labute approximate surface area is 243 Å². The maximum absolute atomic E-state index is 12.4. The number of benzene rings is 2. The first-order chi connectivity index (χ1) is 14.5. The Kier molecular flexibility index (Phi) is 10.2. The van der Waals surface area contributed by atoms with Crippen LogP contribution in [0.25, 0.3) is 5.57 Å². The van der Waals surface area contributed by atoms with Gasteiger partial charge in [0.2, 0.25) is 5.78 Å². The molecule has 1 atom stereocenters. The summed E-state index contributed by atoms with van der Waals surface area (Å²) in [5.41, 5.74) is 3.88. The maximum Gasteiger partial charge on any atom is 1.00 e. The summed E-state index contributed by atoms with van der Waals surface area (Å²) in [7, 11) is 0. The van der Waals surface area contributed by atoms with Crippen molar-refractivity contribution in [1.82, 2.24) is 0 Å². The Hall–Kier alpha value is -0.0400.